The quantitative estimate of drug-likeness (QED) is 0.658. The van der Waals surface area contributed by atoms with E-state index in [0.717, 1.165) is 48.6 Å². The molecule has 0 aliphatic carbocycles. The van der Waals surface area contributed by atoms with Crippen LogP contribution in [0.5, 0.6) is 0 Å². The summed E-state index contributed by atoms with van der Waals surface area (Å²) in [6.07, 6.45) is 2.60. The molecule has 0 bridgehead atoms. The highest BCUT2D eigenvalue weighted by molar-refractivity contribution is 5.77. The van der Waals surface area contributed by atoms with Crippen LogP contribution in [0.1, 0.15) is 36.6 Å². The first-order valence-corrected chi connectivity index (χ1v) is 9.83. The van der Waals surface area contributed by atoms with Crippen molar-refractivity contribution in [2.24, 2.45) is 0 Å². The number of carbonyl (C=O) groups is 1. The van der Waals surface area contributed by atoms with Gasteiger partial charge in [0.05, 0.1) is 11.6 Å². The van der Waals surface area contributed by atoms with Crippen molar-refractivity contribution in [1.29, 1.82) is 5.26 Å². The van der Waals surface area contributed by atoms with E-state index >= 15 is 0 Å². The van der Waals surface area contributed by atoms with Crippen LogP contribution in [0.4, 0.5) is 17.5 Å². The molecule has 0 spiro atoms. The standard InChI is InChI=1S/C21H26N6O2/c1-3-4-16-10-19(27-8-7-18(12-27)23-20(29)13-28)26-21(24-16)25-17-6-5-14(2)15(9-17)11-22/h5-6,9-10,18,28H,3-4,7-8,12-13H2,1-2H3,(H,23,29)(H,24,25,26)/t18-/m0/s1. The predicted octanol–water partition coefficient (Wildman–Crippen LogP) is 2.04. The SMILES string of the molecule is CCCc1cc(N2CC[C@H](NC(=O)CO)C2)nc(Nc2ccc(C)c(C#N)c2)n1. The molecule has 1 aromatic heterocycles. The molecule has 3 rings (SSSR count). The summed E-state index contributed by atoms with van der Waals surface area (Å²) in [7, 11) is 0. The van der Waals surface area contributed by atoms with Gasteiger partial charge in [0.25, 0.3) is 0 Å². The number of aromatic nitrogens is 2. The zero-order valence-electron chi connectivity index (χ0n) is 16.8. The minimum atomic E-state index is -0.500. The number of nitriles is 1. The van der Waals surface area contributed by atoms with Crippen molar-refractivity contribution in [3.63, 3.8) is 0 Å². The topological polar surface area (TPSA) is 114 Å². The van der Waals surface area contributed by atoms with Crippen LogP contribution in [-0.4, -0.2) is 46.7 Å². The molecule has 1 aliphatic heterocycles. The molecule has 1 aliphatic rings. The number of nitrogens with one attached hydrogen (secondary N) is 2. The molecule has 1 atom stereocenters. The molecule has 1 saturated heterocycles. The van der Waals surface area contributed by atoms with Crippen LogP contribution in [0.25, 0.3) is 0 Å². The van der Waals surface area contributed by atoms with Gasteiger partial charge in [-0.2, -0.15) is 10.2 Å². The molecule has 1 fully saturated rings. The number of rotatable bonds is 7. The van der Waals surface area contributed by atoms with Gasteiger partial charge in [0.2, 0.25) is 11.9 Å². The van der Waals surface area contributed by atoms with Crippen molar-refractivity contribution in [3.8, 4) is 6.07 Å². The van der Waals surface area contributed by atoms with Gasteiger partial charge in [-0.05, 0) is 37.5 Å². The maximum Gasteiger partial charge on any atom is 0.245 e. The molecule has 3 N–H and O–H groups in total. The molecule has 0 radical (unpaired) electrons. The van der Waals surface area contributed by atoms with Crippen LogP contribution in [0.15, 0.2) is 24.3 Å². The summed E-state index contributed by atoms with van der Waals surface area (Å²) in [6, 6.07) is 9.76. The Morgan fingerprint density at radius 1 is 1.38 bits per heavy atom. The second kappa shape index (κ2) is 9.34. The largest absolute Gasteiger partial charge is 0.387 e. The Morgan fingerprint density at radius 2 is 2.21 bits per heavy atom. The molecular weight excluding hydrogens is 368 g/mol. The van der Waals surface area contributed by atoms with Crippen molar-refractivity contribution in [2.45, 2.75) is 39.2 Å². The van der Waals surface area contributed by atoms with E-state index in [0.29, 0.717) is 18.1 Å². The number of carbonyl (C=O) groups excluding carboxylic acids is 1. The third kappa shape index (κ3) is 5.21. The van der Waals surface area contributed by atoms with Crippen molar-refractivity contribution in [3.05, 3.63) is 41.1 Å². The maximum atomic E-state index is 11.4. The number of aryl methyl sites for hydroxylation is 2. The van der Waals surface area contributed by atoms with Crippen molar-refractivity contribution in [2.75, 3.05) is 29.9 Å². The Balaban J connectivity index is 1.81. The summed E-state index contributed by atoms with van der Waals surface area (Å²) in [4.78, 5) is 22.8. The number of nitrogens with zero attached hydrogens (tertiary/aromatic N) is 4. The maximum absolute atomic E-state index is 11.4. The van der Waals surface area contributed by atoms with Crippen molar-refractivity contribution in [1.82, 2.24) is 15.3 Å². The van der Waals surface area contributed by atoms with Crippen LogP contribution in [0, 0.1) is 18.3 Å². The van der Waals surface area contributed by atoms with Crippen LogP contribution in [-0.2, 0) is 11.2 Å². The van der Waals surface area contributed by atoms with Gasteiger partial charge in [-0.1, -0.05) is 19.4 Å². The number of amides is 1. The first kappa shape index (κ1) is 20.6. The highest BCUT2D eigenvalue weighted by atomic mass is 16.3. The molecule has 2 aromatic rings. The predicted molar refractivity (Wildman–Crippen MR) is 111 cm³/mol. The minimum absolute atomic E-state index is 0.00839. The summed E-state index contributed by atoms with van der Waals surface area (Å²) < 4.78 is 0. The molecule has 1 aromatic carbocycles. The second-order valence-corrected chi connectivity index (χ2v) is 7.21. The Morgan fingerprint density at radius 3 is 2.93 bits per heavy atom. The average molecular weight is 394 g/mol. The lowest BCUT2D eigenvalue weighted by Gasteiger charge is -2.19. The fourth-order valence-electron chi connectivity index (χ4n) is 3.39. The third-order valence-electron chi connectivity index (χ3n) is 4.91. The van der Waals surface area contributed by atoms with E-state index in [-0.39, 0.29) is 11.9 Å². The van der Waals surface area contributed by atoms with Gasteiger partial charge in [-0.25, -0.2) is 4.98 Å². The zero-order chi connectivity index (χ0) is 20.8. The van der Waals surface area contributed by atoms with E-state index in [1.165, 1.54) is 0 Å². The van der Waals surface area contributed by atoms with E-state index in [2.05, 4.69) is 38.5 Å². The smallest absolute Gasteiger partial charge is 0.245 e. The summed E-state index contributed by atoms with van der Waals surface area (Å²) in [5.74, 6) is 0.932. The third-order valence-corrected chi connectivity index (χ3v) is 4.91. The highest BCUT2D eigenvalue weighted by Gasteiger charge is 2.25. The summed E-state index contributed by atoms with van der Waals surface area (Å²) in [5.41, 5.74) is 3.24. The van der Waals surface area contributed by atoms with E-state index in [1.807, 2.05) is 25.1 Å². The number of anilines is 3. The average Bonchev–Trinajstić information content (AvgIpc) is 3.18. The fourth-order valence-corrected chi connectivity index (χ4v) is 3.39. The van der Waals surface area contributed by atoms with Gasteiger partial charge >= 0.3 is 0 Å². The van der Waals surface area contributed by atoms with Gasteiger partial charge in [0.15, 0.2) is 0 Å². The van der Waals surface area contributed by atoms with Crippen LogP contribution >= 0.6 is 0 Å². The molecule has 0 unspecified atom stereocenters. The summed E-state index contributed by atoms with van der Waals surface area (Å²) in [6.45, 7) is 4.90. The lowest BCUT2D eigenvalue weighted by molar-refractivity contribution is -0.124. The fraction of sp³-hybridized carbons (Fsp3) is 0.429. The van der Waals surface area contributed by atoms with Crippen LogP contribution < -0.4 is 15.5 Å². The molecule has 1 amide bonds. The Bertz CT molecular complexity index is 924. The number of benzene rings is 1. The molecule has 29 heavy (non-hydrogen) atoms. The highest BCUT2D eigenvalue weighted by Crippen LogP contribution is 2.24. The van der Waals surface area contributed by atoms with Crippen LogP contribution in [0.2, 0.25) is 0 Å². The Kier molecular flexibility index (Phi) is 6.62. The Hall–Kier alpha value is -3.18. The minimum Gasteiger partial charge on any atom is -0.387 e. The first-order valence-electron chi connectivity index (χ1n) is 9.83. The van der Waals surface area contributed by atoms with Crippen molar-refractivity contribution >= 4 is 23.4 Å². The molecular formula is C21H26N6O2. The number of aliphatic hydroxyl groups excluding tert-OH is 1. The first-order chi connectivity index (χ1) is 14.0. The van der Waals surface area contributed by atoms with E-state index in [1.54, 1.807) is 6.07 Å². The number of hydrogen-bond acceptors (Lipinski definition) is 7. The lowest BCUT2D eigenvalue weighted by atomic mass is 10.1. The van der Waals surface area contributed by atoms with Crippen molar-refractivity contribution < 1.29 is 9.90 Å². The Labute approximate surface area is 170 Å². The molecule has 2 heterocycles. The molecule has 0 saturated carbocycles. The number of aliphatic hydroxyl groups is 1. The second-order valence-electron chi connectivity index (χ2n) is 7.21. The lowest BCUT2D eigenvalue weighted by Crippen LogP contribution is -2.38. The van der Waals surface area contributed by atoms with Gasteiger partial charge in [-0.3, -0.25) is 4.79 Å². The summed E-state index contributed by atoms with van der Waals surface area (Å²) >= 11 is 0. The molecule has 8 nitrogen and oxygen atoms in total. The van der Waals surface area contributed by atoms with Gasteiger partial charge in [-0.15, -0.1) is 0 Å². The number of hydrogen-bond donors (Lipinski definition) is 3. The molecule has 8 heteroatoms. The monoisotopic (exact) mass is 394 g/mol. The molecule has 152 valence electrons. The van der Waals surface area contributed by atoms with Gasteiger partial charge in [0.1, 0.15) is 12.4 Å². The van der Waals surface area contributed by atoms with Gasteiger partial charge in [0, 0.05) is 36.6 Å². The normalized spacial score (nSPS) is 15.8. The van der Waals surface area contributed by atoms with Gasteiger partial charge < -0.3 is 20.6 Å². The zero-order valence-corrected chi connectivity index (χ0v) is 16.8. The van der Waals surface area contributed by atoms with E-state index in [9.17, 15) is 10.1 Å². The van der Waals surface area contributed by atoms with E-state index < -0.39 is 6.61 Å². The van der Waals surface area contributed by atoms with Crippen LogP contribution in [0.3, 0.4) is 0 Å². The van der Waals surface area contributed by atoms with E-state index in [4.69, 9.17) is 5.11 Å². The summed E-state index contributed by atoms with van der Waals surface area (Å²) in [5, 5.41) is 24.2.